The average molecular weight is 283 g/mol. The van der Waals surface area contributed by atoms with Gasteiger partial charge in [-0.3, -0.25) is 0 Å². The number of carboxylic acid groups (broad SMARTS) is 1. The number of alkyl carbamates (subject to hydrolysis) is 1. The molecule has 3 aliphatic carbocycles. The molecule has 114 valence electrons. The first-order valence-corrected chi connectivity index (χ1v) is 7.22. The van der Waals surface area contributed by atoms with Gasteiger partial charge in [-0.1, -0.05) is 13.8 Å². The number of hydrogen-bond donors (Lipinski definition) is 2. The van der Waals surface area contributed by atoms with Crippen molar-refractivity contribution in [1.82, 2.24) is 5.32 Å². The average Bonchev–Trinajstić information content (AvgIpc) is 2.07. The first-order chi connectivity index (χ1) is 9.00. The molecule has 5 nitrogen and oxygen atoms in total. The Morgan fingerprint density at radius 3 is 2.00 bits per heavy atom. The molecule has 0 aromatic rings. The van der Waals surface area contributed by atoms with Crippen molar-refractivity contribution in [2.24, 2.45) is 16.7 Å². The zero-order valence-electron chi connectivity index (χ0n) is 12.9. The van der Waals surface area contributed by atoms with Crippen molar-refractivity contribution in [2.45, 2.75) is 65.5 Å². The number of hydrogen-bond acceptors (Lipinski definition) is 3. The molecule has 0 radical (unpaired) electrons. The third-order valence-corrected chi connectivity index (χ3v) is 4.86. The van der Waals surface area contributed by atoms with Crippen LogP contribution >= 0.6 is 0 Å². The summed E-state index contributed by atoms with van der Waals surface area (Å²) in [5.41, 5.74) is -0.567. The Hall–Kier alpha value is -1.26. The SMILES string of the molecule is CC(C)C12CC([C@H](NC(=O)OC(C)(C)C)C(=O)O)(C1)C2. The van der Waals surface area contributed by atoms with Crippen LogP contribution in [0.5, 0.6) is 0 Å². The number of ether oxygens (including phenoxy) is 1. The molecule has 2 N–H and O–H groups in total. The van der Waals surface area contributed by atoms with Gasteiger partial charge in [0, 0.05) is 5.41 Å². The van der Waals surface area contributed by atoms with E-state index in [4.69, 9.17) is 4.74 Å². The third kappa shape index (κ3) is 2.38. The molecule has 5 heteroatoms. The lowest BCUT2D eigenvalue weighted by Crippen LogP contribution is -2.73. The largest absolute Gasteiger partial charge is 0.480 e. The summed E-state index contributed by atoms with van der Waals surface area (Å²) in [6.45, 7) is 9.64. The van der Waals surface area contributed by atoms with Gasteiger partial charge in [-0.05, 0) is 51.4 Å². The van der Waals surface area contributed by atoms with Crippen molar-refractivity contribution in [2.75, 3.05) is 0 Å². The zero-order chi connectivity index (χ0) is 15.3. The second-order valence-electron chi connectivity index (χ2n) is 7.83. The molecule has 0 saturated heterocycles. The lowest BCUT2D eigenvalue weighted by Gasteiger charge is -2.74. The molecule has 1 amide bonds. The second kappa shape index (κ2) is 4.37. The summed E-state index contributed by atoms with van der Waals surface area (Å²) in [7, 11) is 0. The fraction of sp³-hybridized carbons (Fsp3) is 0.867. The highest BCUT2D eigenvalue weighted by Crippen LogP contribution is 2.77. The summed E-state index contributed by atoms with van der Waals surface area (Å²) in [4.78, 5) is 23.3. The summed E-state index contributed by atoms with van der Waals surface area (Å²) in [5, 5.41) is 11.9. The molecule has 3 rings (SSSR count). The Kier molecular flexibility index (Phi) is 3.30. The van der Waals surface area contributed by atoms with E-state index in [1.807, 2.05) is 0 Å². The van der Waals surface area contributed by atoms with E-state index in [-0.39, 0.29) is 5.41 Å². The van der Waals surface area contributed by atoms with E-state index in [1.165, 1.54) is 0 Å². The monoisotopic (exact) mass is 283 g/mol. The van der Waals surface area contributed by atoms with Crippen LogP contribution in [0, 0.1) is 16.7 Å². The van der Waals surface area contributed by atoms with Crippen molar-refractivity contribution in [3.05, 3.63) is 0 Å². The highest BCUT2D eigenvalue weighted by atomic mass is 16.6. The zero-order valence-corrected chi connectivity index (χ0v) is 12.9. The lowest BCUT2D eigenvalue weighted by atomic mass is 9.30. The summed E-state index contributed by atoms with van der Waals surface area (Å²) in [6.07, 6.45) is 2.03. The number of amides is 1. The Morgan fingerprint density at radius 2 is 1.65 bits per heavy atom. The topological polar surface area (TPSA) is 75.6 Å². The van der Waals surface area contributed by atoms with Gasteiger partial charge in [0.15, 0.2) is 0 Å². The molecule has 3 fully saturated rings. The third-order valence-electron chi connectivity index (χ3n) is 4.86. The van der Waals surface area contributed by atoms with Crippen LogP contribution in [-0.2, 0) is 9.53 Å². The number of rotatable bonds is 4. The number of carbonyl (C=O) groups is 2. The molecule has 1 atom stereocenters. The van der Waals surface area contributed by atoms with Crippen molar-refractivity contribution in [1.29, 1.82) is 0 Å². The lowest BCUT2D eigenvalue weighted by molar-refractivity contribution is -0.245. The quantitative estimate of drug-likeness (QED) is 0.832. The van der Waals surface area contributed by atoms with Gasteiger partial charge >= 0.3 is 12.1 Å². The number of carboxylic acids is 1. The van der Waals surface area contributed by atoms with Crippen LogP contribution in [-0.4, -0.2) is 28.8 Å². The fourth-order valence-electron chi connectivity index (χ4n) is 3.77. The van der Waals surface area contributed by atoms with E-state index >= 15 is 0 Å². The molecule has 0 spiro atoms. The van der Waals surface area contributed by atoms with Gasteiger partial charge in [0.2, 0.25) is 0 Å². The highest BCUT2D eigenvalue weighted by Gasteiger charge is 2.72. The minimum atomic E-state index is -0.965. The fourth-order valence-corrected chi connectivity index (χ4v) is 3.77. The summed E-state index contributed by atoms with van der Waals surface area (Å²) in [6, 6.07) is -0.835. The Bertz CT molecular complexity index is 416. The minimum Gasteiger partial charge on any atom is -0.480 e. The van der Waals surface area contributed by atoms with E-state index in [0.29, 0.717) is 11.3 Å². The van der Waals surface area contributed by atoms with Gasteiger partial charge in [-0.15, -0.1) is 0 Å². The molecule has 20 heavy (non-hydrogen) atoms. The first kappa shape index (κ1) is 15.1. The molecule has 0 aliphatic heterocycles. The van der Waals surface area contributed by atoms with Gasteiger partial charge < -0.3 is 15.2 Å². The molecule has 2 bridgehead atoms. The summed E-state index contributed by atoms with van der Waals surface area (Å²) < 4.78 is 5.16. The van der Waals surface area contributed by atoms with Crippen molar-refractivity contribution >= 4 is 12.1 Å². The Balaban J connectivity index is 1.98. The summed E-state index contributed by atoms with van der Waals surface area (Å²) in [5.74, 6) is -0.395. The van der Waals surface area contributed by atoms with E-state index in [9.17, 15) is 14.7 Å². The van der Waals surface area contributed by atoms with Gasteiger partial charge in [0.1, 0.15) is 11.6 Å². The van der Waals surface area contributed by atoms with Crippen LogP contribution in [0.4, 0.5) is 4.79 Å². The van der Waals surface area contributed by atoms with Crippen LogP contribution in [0.3, 0.4) is 0 Å². The van der Waals surface area contributed by atoms with Gasteiger partial charge in [0.05, 0.1) is 0 Å². The molecule has 3 aliphatic rings. The molecule has 0 aromatic heterocycles. The molecule has 3 saturated carbocycles. The predicted octanol–water partition coefficient (Wildman–Crippen LogP) is 2.79. The van der Waals surface area contributed by atoms with Crippen molar-refractivity contribution in [3.63, 3.8) is 0 Å². The summed E-state index contributed by atoms with van der Waals surface area (Å²) >= 11 is 0. The maximum Gasteiger partial charge on any atom is 0.408 e. The Morgan fingerprint density at radius 1 is 1.15 bits per heavy atom. The van der Waals surface area contributed by atoms with Crippen molar-refractivity contribution in [3.8, 4) is 0 Å². The van der Waals surface area contributed by atoms with E-state index < -0.39 is 23.7 Å². The first-order valence-electron chi connectivity index (χ1n) is 7.22. The number of nitrogens with one attached hydrogen (secondary N) is 1. The van der Waals surface area contributed by atoms with E-state index in [0.717, 1.165) is 19.3 Å². The maximum atomic E-state index is 11.8. The molecule has 0 unspecified atom stereocenters. The van der Waals surface area contributed by atoms with Gasteiger partial charge in [-0.2, -0.15) is 0 Å². The van der Waals surface area contributed by atoms with Gasteiger partial charge in [0.25, 0.3) is 0 Å². The van der Waals surface area contributed by atoms with Crippen LogP contribution in [0.2, 0.25) is 0 Å². The molecule has 0 aromatic carbocycles. The molecular formula is C15H25NO4. The molecule has 0 heterocycles. The van der Waals surface area contributed by atoms with E-state index in [2.05, 4.69) is 19.2 Å². The predicted molar refractivity (Wildman–Crippen MR) is 74.3 cm³/mol. The maximum absolute atomic E-state index is 11.8. The second-order valence-corrected chi connectivity index (χ2v) is 7.83. The van der Waals surface area contributed by atoms with Crippen LogP contribution in [0.15, 0.2) is 0 Å². The van der Waals surface area contributed by atoms with Crippen LogP contribution in [0.1, 0.15) is 53.9 Å². The van der Waals surface area contributed by atoms with Gasteiger partial charge in [-0.25, -0.2) is 9.59 Å². The van der Waals surface area contributed by atoms with Crippen LogP contribution < -0.4 is 5.32 Å². The molecular weight excluding hydrogens is 258 g/mol. The highest BCUT2D eigenvalue weighted by molar-refractivity contribution is 5.81. The minimum absolute atomic E-state index is 0.257. The van der Waals surface area contributed by atoms with Crippen molar-refractivity contribution < 1.29 is 19.4 Å². The number of aliphatic carboxylic acids is 1. The standard InChI is InChI=1S/C15H25NO4/c1-9(2)14-6-15(7-14,8-14)10(11(17)18)16-12(19)20-13(3,4)5/h9-10H,6-8H2,1-5H3,(H,16,19)(H,17,18)/t10-,14?,15?/m1/s1. The normalized spacial score (nSPS) is 32.9. The smallest absolute Gasteiger partial charge is 0.408 e. The number of carbonyl (C=O) groups excluding carboxylic acids is 1. The Labute approximate surface area is 120 Å². The van der Waals surface area contributed by atoms with Crippen LogP contribution in [0.25, 0.3) is 0 Å². The van der Waals surface area contributed by atoms with E-state index in [1.54, 1.807) is 20.8 Å².